The molecule has 0 aliphatic rings. The molecule has 102 valence electrons. The number of hydrogen-bond donors (Lipinski definition) is 1. The largest absolute Gasteiger partial charge is 0.379 e. The van der Waals surface area contributed by atoms with Crippen LogP contribution in [-0.4, -0.2) is 4.98 Å². The van der Waals surface area contributed by atoms with Crippen molar-refractivity contribution in [2.45, 2.75) is 32.7 Å². The predicted octanol–water partition coefficient (Wildman–Crippen LogP) is 4.95. The first kappa shape index (κ1) is 14.5. The molecule has 0 aliphatic heterocycles. The van der Waals surface area contributed by atoms with Gasteiger partial charge in [-0.1, -0.05) is 20.8 Å². The van der Waals surface area contributed by atoms with Crippen LogP contribution in [0.5, 0.6) is 0 Å². The number of hydrogen-bond acceptors (Lipinski definition) is 3. The van der Waals surface area contributed by atoms with Crippen LogP contribution in [0, 0.1) is 5.82 Å². The van der Waals surface area contributed by atoms with Gasteiger partial charge in [-0.2, -0.15) is 0 Å². The van der Waals surface area contributed by atoms with Gasteiger partial charge in [0.2, 0.25) is 0 Å². The van der Waals surface area contributed by atoms with Gasteiger partial charge in [0, 0.05) is 16.5 Å². The number of benzene rings is 1. The normalized spacial score (nSPS) is 11.6. The van der Waals surface area contributed by atoms with Crippen molar-refractivity contribution in [3.8, 4) is 0 Å². The second-order valence-electron chi connectivity index (χ2n) is 5.38. The van der Waals surface area contributed by atoms with Crippen LogP contribution >= 0.6 is 27.3 Å². The van der Waals surface area contributed by atoms with E-state index in [1.165, 1.54) is 6.07 Å². The van der Waals surface area contributed by atoms with Gasteiger partial charge in [0.1, 0.15) is 5.82 Å². The van der Waals surface area contributed by atoms with Gasteiger partial charge in [0.15, 0.2) is 0 Å². The fourth-order valence-corrected chi connectivity index (χ4v) is 2.82. The van der Waals surface area contributed by atoms with Crippen molar-refractivity contribution in [1.82, 2.24) is 4.98 Å². The maximum atomic E-state index is 13.1. The van der Waals surface area contributed by atoms with Crippen molar-refractivity contribution >= 4 is 33.0 Å². The molecule has 2 aromatic rings. The van der Waals surface area contributed by atoms with Crippen molar-refractivity contribution in [1.29, 1.82) is 0 Å². The summed E-state index contributed by atoms with van der Waals surface area (Å²) in [4.78, 5) is 4.61. The zero-order chi connectivity index (χ0) is 14.0. The topological polar surface area (TPSA) is 24.9 Å². The lowest BCUT2D eigenvalue weighted by Gasteiger charge is -2.13. The summed E-state index contributed by atoms with van der Waals surface area (Å²) in [5.41, 5.74) is 1.97. The number of aromatic nitrogens is 1. The van der Waals surface area contributed by atoms with Crippen LogP contribution in [0.4, 0.5) is 10.1 Å². The summed E-state index contributed by atoms with van der Waals surface area (Å²) in [6.07, 6.45) is 0. The molecule has 0 amide bonds. The van der Waals surface area contributed by atoms with E-state index in [1.807, 2.05) is 0 Å². The molecule has 1 aromatic heterocycles. The SMILES string of the molecule is CC(C)(C)c1nc(CNc2ccc(F)c(Br)c2)cs1. The van der Waals surface area contributed by atoms with E-state index in [0.717, 1.165) is 16.4 Å². The summed E-state index contributed by atoms with van der Waals surface area (Å²) in [7, 11) is 0. The van der Waals surface area contributed by atoms with E-state index in [2.05, 4.69) is 52.4 Å². The third-order valence-corrected chi connectivity index (χ3v) is 4.51. The number of nitrogens with zero attached hydrogens (tertiary/aromatic N) is 1. The number of nitrogens with one attached hydrogen (secondary N) is 1. The van der Waals surface area contributed by atoms with Crippen LogP contribution in [-0.2, 0) is 12.0 Å². The van der Waals surface area contributed by atoms with Crippen LogP contribution in [0.15, 0.2) is 28.1 Å². The second kappa shape index (κ2) is 5.59. The third-order valence-electron chi connectivity index (χ3n) is 2.59. The Morgan fingerprint density at radius 3 is 2.68 bits per heavy atom. The minimum Gasteiger partial charge on any atom is -0.379 e. The fraction of sp³-hybridized carbons (Fsp3) is 0.357. The van der Waals surface area contributed by atoms with Gasteiger partial charge in [0.05, 0.1) is 21.7 Å². The van der Waals surface area contributed by atoms with Crippen molar-refractivity contribution in [3.63, 3.8) is 0 Å². The molecule has 0 spiro atoms. The lowest BCUT2D eigenvalue weighted by Crippen LogP contribution is -2.11. The maximum Gasteiger partial charge on any atom is 0.137 e. The highest BCUT2D eigenvalue weighted by Gasteiger charge is 2.17. The molecule has 0 saturated heterocycles. The number of anilines is 1. The first-order valence-electron chi connectivity index (χ1n) is 6.00. The van der Waals surface area contributed by atoms with Gasteiger partial charge in [-0.25, -0.2) is 9.37 Å². The van der Waals surface area contributed by atoms with E-state index in [0.29, 0.717) is 11.0 Å². The molecule has 1 aromatic carbocycles. The number of thiazole rings is 1. The molecule has 19 heavy (non-hydrogen) atoms. The van der Waals surface area contributed by atoms with E-state index in [-0.39, 0.29) is 11.2 Å². The number of rotatable bonds is 3. The molecule has 0 fully saturated rings. The van der Waals surface area contributed by atoms with Crippen LogP contribution in [0.25, 0.3) is 0 Å². The monoisotopic (exact) mass is 342 g/mol. The molecule has 5 heteroatoms. The average Bonchev–Trinajstić information content (AvgIpc) is 2.79. The smallest absolute Gasteiger partial charge is 0.137 e. The molecular weight excluding hydrogens is 327 g/mol. The predicted molar refractivity (Wildman–Crippen MR) is 82.2 cm³/mol. The molecule has 2 rings (SSSR count). The van der Waals surface area contributed by atoms with E-state index in [1.54, 1.807) is 23.5 Å². The molecule has 0 aliphatic carbocycles. The lowest BCUT2D eigenvalue weighted by molar-refractivity contribution is 0.583. The third kappa shape index (κ3) is 3.76. The van der Waals surface area contributed by atoms with E-state index in [9.17, 15) is 4.39 Å². The average molecular weight is 343 g/mol. The van der Waals surface area contributed by atoms with Crippen LogP contribution < -0.4 is 5.32 Å². The summed E-state index contributed by atoms with van der Waals surface area (Å²) >= 11 is 4.85. The minimum absolute atomic E-state index is 0.0851. The Labute approximate surface area is 125 Å². The summed E-state index contributed by atoms with van der Waals surface area (Å²) in [6.45, 7) is 7.10. The van der Waals surface area contributed by atoms with Gasteiger partial charge < -0.3 is 5.32 Å². The molecule has 0 saturated carbocycles. The van der Waals surface area contributed by atoms with Gasteiger partial charge in [0.25, 0.3) is 0 Å². The van der Waals surface area contributed by atoms with Gasteiger partial charge in [-0.3, -0.25) is 0 Å². The molecule has 0 unspecified atom stereocenters. The summed E-state index contributed by atoms with van der Waals surface area (Å²) < 4.78 is 13.6. The summed E-state index contributed by atoms with van der Waals surface area (Å²) in [6, 6.07) is 4.89. The van der Waals surface area contributed by atoms with E-state index in [4.69, 9.17) is 0 Å². The Bertz CT molecular complexity index is 575. The molecule has 2 nitrogen and oxygen atoms in total. The zero-order valence-corrected chi connectivity index (χ0v) is 13.5. The minimum atomic E-state index is -0.255. The van der Waals surface area contributed by atoms with Crippen molar-refractivity contribution in [3.05, 3.63) is 44.6 Å². The molecule has 0 bridgehead atoms. The molecule has 0 atom stereocenters. The van der Waals surface area contributed by atoms with Crippen LogP contribution in [0.3, 0.4) is 0 Å². The quantitative estimate of drug-likeness (QED) is 0.853. The van der Waals surface area contributed by atoms with Gasteiger partial charge in [-0.15, -0.1) is 11.3 Å². The summed E-state index contributed by atoms with van der Waals surface area (Å²) in [5.74, 6) is -0.255. The Kier molecular flexibility index (Phi) is 4.26. The highest BCUT2D eigenvalue weighted by atomic mass is 79.9. The lowest BCUT2D eigenvalue weighted by atomic mass is 9.98. The zero-order valence-electron chi connectivity index (χ0n) is 11.1. The molecule has 1 N–H and O–H groups in total. The Morgan fingerprint density at radius 2 is 2.11 bits per heavy atom. The van der Waals surface area contributed by atoms with Gasteiger partial charge >= 0.3 is 0 Å². The van der Waals surface area contributed by atoms with Crippen LogP contribution in [0.2, 0.25) is 0 Å². The Balaban J connectivity index is 2.02. The second-order valence-corrected chi connectivity index (χ2v) is 7.09. The van der Waals surface area contributed by atoms with E-state index < -0.39 is 0 Å². The van der Waals surface area contributed by atoms with Crippen molar-refractivity contribution in [2.24, 2.45) is 0 Å². The van der Waals surface area contributed by atoms with Crippen molar-refractivity contribution in [2.75, 3.05) is 5.32 Å². The van der Waals surface area contributed by atoms with Crippen molar-refractivity contribution < 1.29 is 4.39 Å². The van der Waals surface area contributed by atoms with Gasteiger partial charge in [-0.05, 0) is 34.1 Å². The molecule has 0 radical (unpaired) electrons. The summed E-state index contributed by atoms with van der Waals surface area (Å²) in [5, 5.41) is 6.43. The Morgan fingerprint density at radius 1 is 1.37 bits per heavy atom. The first-order chi connectivity index (χ1) is 8.86. The maximum absolute atomic E-state index is 13.1. The first-order valence-corrected chi connectivity index (χ1v) is 7.67. The van der Waals surface area contributed by atoms with Crippen LogP contribution in [0.1, 0.15) is 31.5 Å². The fourth-order valence-electron chi connectivity index (χ4n) is 1.53. The Hall–Kier alpha value is -0.940. The number of halogens is 2. The highest BCUT2D eigenvalue weighted by molar-refractivity contribution is 9.10. The van der Waals surface area contributed by atoms with E-state index >= 15 is 0 Å². The molecular formula is C14H16BrFN2S. The highest BCUT2D eigenvalue weighted by Crippen LogP contribution is 2.26. The molecule has 1 heterocycles. The standard InChI is InChI=1S/C14H16BrFN2S/c1-14(2,3)13-18-10(8-19-13)7-17-9-4-5-12(16)11(15)6-9/h4-6,8,17H,7H2,1-3H3.